The summed E-state index contributed by atoms with van der Waals surface area (Å²) >= 11 is 24.8. The van der Waals surface area contributed by atoms with Gasteiger partial charge in [-0.05, 0) is 48.5 Å². The predicted octanol–water partition coefficient (Wildman–Crippen LogP) is 7.31. The van der Waals surface area contributed by atoms with E-state index in [9.17, 15) is 4.79 Å². The van der Waals surface area contributed by atoms with Crippen LogP contribution in [0.25, 0.3) is 17.4 Å². The summed E-state index contributed by atoms with van der Waals surface area (Å²) in [5, 5.41) is 1.45. The van der Waals surface area contributed by atoms with E-state index in [0.717, 1.165) is 0 Å². The summed E-state index contributed by atoms with van der Waals surface area (Å²) < 4.78 is 6.29. The molecule has 0 spiro atoms. The summed E-state index contributed by atoms with van der Waals surface area (Å²) in [5.74, 6) is 0.866. The molecule has 140 valence electrons. The minimum atomic E-state index is -0.212. The number of carbonyl (C=O) groups is 1. The lowest BCUT2D eigenvalue weighted by molar-refractivity contribution is -0.113. The van der Waals surface area contributed by atoms with Crippen LogP contribution in [0.3, 0.4) is 0 Å². The molecule has 0 radical (unpaired) electrons. The highest BCUT2D eigenvalue weighted by atomic mass is 35.5. The van der Waals surface area contributed by atoms with Crippen molar-refractivity contribution in [1.82, 2.24) is 0 Å². The largest absolute Gasteiger partial charge is 0.457 e. The zero-order chi connectivity index (χ0) is 19.8. The molecular formula is C20H10Cl3NO2S2. The fourth-order valence-corrected chi connectivity index (χ4v) is 4.48. The molecule has 2 aromatic carbocycles. The maximum Gasteiger partial charge on any atom is 0.270 e. The molecule has 3 aromatic rings. The molecular weight excluding hydrogens is 457 g/mol. The summed E-state index contributed by atoms with van der Waals surface area (Å²) in [6.07, 6.45) is 1.66. The van der Waals surface area contributed by atoms with Crippen LogP contribution in [0.15, 0.2) is 63.9 Å². The third kappa shape index (κ3) is 3.73. The first-order valence-corrected chi connectivity index (χ1v) is 10.4. The Morgan fingerprint density at radius 2 is 1.75 bits per heavy atom. The number of hydrogen-bond acceptors (Lipinski definition) is 4. The molecule has 0 bridgehead atoms. The lowest BCUT2D eigenvalue weighted by atomic mass is 10.2. The first-order chi connectivity index (χ1) is 13.4. The van der Waals surface area contributed by atoms with Gasteiger partial charge in [-0.2, -0.15) is 0 Å². The normalized spacial score (nSPS) is 15.7. The molecule has 8 heteroatoms. The molecule has 1 aliphatic rings. The van der Waals surface area contributed by atoms with Gasteiger partial charge in [-0.25, -0.2) is 0 Å². The van der Waals surface area contributed by atoms with Crippen molar-refractivity contribution in [2.45, 2.75) is 0 Å². The monoisotopic (exact) mass is 465 g/mol. The van der Waals surface area contributed by atoms with Gasteiger partial charge >= 0.3 is 0 Å². The third-order valence-corrected chi connectivity index (χ3v) is 6.37. The number of amides is 1. The standard InChI is InChI=1S/C20H10Cl3NO2S2/c21-11-4-6-12(7-5-11)24-19(25)17(28-20(24)27)10-13-8-9-16(26-13)14-2-1-3-15(22)18(14)23/h1-10H/b17-10-. The quantitative estimate of drug-likeness (QED) is 0.299. The van der Waals surface area contributed by atoms with Gasteiger partial charge in [0, 0.05) is 16.7 Å². The molecule has 3 nitrogen and oxygen atoms in total. The van der Waals surface area contributed by atoms with Crippen LogP contribution in [-0.4, -0.2) is 10.2 Å². The SMILES string of the molecule is O=C1/C(=C/c2ccc(-c3cccc(Cl)c3Cl)o2)SC(=S)N1c1ccc(Cl)cc1. The topological polar surface area (TPSA) is 33.5 Å². The number of furan rings is 1. The van der Waals surface area contributed by atoms with E-state index in [1.807, 2.05) is 6.07 Å². The van der Waals surface area contributed by atoms with Gasteiger partial charge in [-0.1, -0.05) is 64.8 Å². The second kappa shape index (κ2) is 7.93. The van der Waals surface area contributed by atoms with Crippen LogP contribution in [0, 0.1) is 0 Å². The number of nitrogens with zero attached hydrogens (tertiary/aromatic N) is 1. The fraction of sp³-hybridized carbons (Fsp3) is 0. The van der Waals surface area contributed by atoms with Crippen molar-refractivity contribution in [1.29, 1.82) is 0 Å². The van der Waals surface area contributed by atoms with Crippen LogP contribution in [0.4, 0.5) is 5.69 Å². The first kappa shape index (κ1) is 19.6. The van der Waals surface area contributed by atoms with Crippen molar-refractivity contribution in [3.8, 4) is 11.3 Å². The van der Waals surface area contributed by atoms with E-state index in [-0.39, 0.29) is 5.91 Å². The lowest BCUT2D eigenvalue weighted by Crippen LogP contribution is -2.27. The summed E-state index contributed by atoms with van der Waals surface area (Å²) in [6, 6.07) is 15.8. The third-order valence-electron chi connectivity index (χ3n) is 4.00. The van der Waals surface area contributed by atoms with E-state index < -0.39 is 0 Å². The average Bonchev–Trinajstić information content (AvgIpc) is 3.23. The second-order valence-corrected chi connectivity index (χ2v) is 8.69. The van der Waals surface area contributed by atoms with E-state index in [1.54, 1.807) is 54.6 Å². The maximum absolute atomic E-state index is 12.8. The van der Waals surface area contributed by atoms with Gasteiger partial charge in [0.25, 0.3) is 5.91 Å². The highest BCUT2D eigenvalue weighted by Crippen LogP contribution is 2.38. The molecule has 28 heavy (non-hydrogen) atoms. The molecule has 0 aliphatic carbocycles. The van der Waals surface area contributed by atoms with E-state index >= 15 is 0 Å². The molecule has 1 fully saturated rings. The Labute approximate surface area is 185 Å². The molecule has 0 N–H and O–H groups in total. The predicted molar refractivity (Wildman–Crippen MR) is 121 cm³/mol. The van der Waals surface area contributed by atoms with Crippen LogP contribution in [-0.2, 0) is 4.79 Å². The van der Waals surface area contributed by atoms with Gasteiger partial charge in [-0.15, -0.1) is 0 Å². The number of carbonyl (C=O) groups excluding carboxylic acids is 1. The van der Waals surface area contributed by atoms with Crippen LogP contribution < -0.4 is 4.90 Å². The number of rotatable bonds is 3. The Bertz CT molecular complexity index is 1120. The molecule has 4 rings (SSSR count). The average molecular weight is 467 g/mol. The van der Waals surface area contributed by atoms with Gasteiger partial charge in [0.15, 0.2) is 4.32 Å². The molecule has 1 saturated heterocycles. The molecule has 1 aliphatic heterocycles. The molecule has 2 heterocycles. The van der Waals surface area contributed by atoms with Crippen LogP contribution in [0.2, 0.25) is 15.1 Å². The molecule has 0 saturated carbocycles. The van der Waals surface area contributed by atoms with Crippen molar-refractivity contribution >= 4 is 80.8 Å². The first-order valence-electron chi connectivity index (χ1n) is 8.02. The Hall–Kier alpha value is -1.76. The van der Waals surface area contributed by atoms with Gasteiger partial charge in [0.1, 0.15) is 11.5 Å². The summed E-state index contributed by atoms with van der Waals surface area (Å²) in [7, 11) is 0. The number of benzene rings is 2. The smallest absolute Gasteiger partial charge is 0.270 e. The van der Waals surface area contributed by atoms with Crippen molar-refractivity contribution in [3.05, 3.63) is 80.3 Å². The molecule has 1 aromatic heterocycles. The molecule has 0 atom stereocenters. The van der Waals surface area contributed by atoms with Crippen molar-refractivity contribution < 1.29 is 9.21 Å². The van der Waals surface area contributed by atoms with Crippen LogP contribution in [0.5, 0.6) is 0 Å². The van der Waals surface area contributed by atoms with Gasteiger partial charge in [0.05, 0.1) is 20.6 Å². The number of hydrogen-bond donors (Lipinski definition) is 0. The molecule has 1 amide bonds. The van der Waals surface area contributed by atoms with Crippen molar-refractivity contribution in [2.24, 2.45) is 0 Å². The molecule has 0 unspecified atom stereocenters. The minimum absolute atomic E-state index is 0.212. The Kier molecular flexibility index (Phi) is 5.54. The number of thioether (sulfide) groups is 1. The minimum Gasteiger partial charge on any atom is -0.457 e. The summed E-state index contributed by atoms with van der Waals surface area (Å²) in [4.78, 5) is 14.8. The Morgan fingerprint density at radius 1 is 1.00 bits per heavy atom. The van der Waals surface area contributed by atoms with E-state index in [0.29, 0.717) is 47.1 Å². The highest BCUT2D eigenvalue weighted by Gasteiger charge is 2.33. The summed E-state index contributed by atoms with van der Waals surface area (Å²) in [6.45, 7) is 0. The Morgan fingerprint density at radius 3 is 2.50 bits per heavy atom. The highest BCUT2D eigenvalue weighted by molar-refractivity contribution is 8.27. The van der Waals surface area contributed by atoms with E-state index in [4.69, 9.17) is 51.4 Å². The number of thiocarbonyl (C=S) groups is 1. The maximum atomic E-state index is 12.8. The number of anilines is 1. The lowest BCUT2D eigenvalue weighted by Gasteiger charge is -2.14. The van der Waals surface area contributed by atoms with Gasteiger partial charge < -0.3 is 4.42 Å². The Balaban J connectivity index is 1.62. The zero-order valence-corrected chi connectivity index (χ0v) is 17.9. The summed E-state index contributed by atoms with van der Waals surface area (Å²) in [5.41, 5.74) is 1.35. The fourth-order valence-electron chi connectivity index (χ4n) is 2.68. The van der Waals surface area contributed by atoms with Crippen molar-refractivity contribution in [2.75, 3.05) is 4.90 Å². The van der Waals surface area contributed by atoms with Crippen molar-refractivity contribution in [3.63, 3.8) is 0 Å². The van der Waals surface area contributed by atoms with Crippen LogP contribution >= 0.6 is 58.8 Å². The second-order valence-electron chi connectivity index (χ2n) is 5.80. The van der Waals surface area contributed by atoms with Gasteiger partial charge in [-0.3, -0.25) is 9.69 Å². The van der Waals surface area contributed by atoms with E-state index in [1.165, 1.54) is 16.7 Å². The van der Waals surface area contributed by atoms with Crippen LogP contribution in [0.1, 0.15) is 5.76 Å². The van der Waals surface area contributed by atoms with Gasteiger partial charge in [0.2, 0.25) is 0 Å². The number of halogens is 3. The zero-order valence-electron chi connectivity index (χ0n) is 14.0. The van der Waals surface area contributed by atoms with E-state index in [2.05, 4.69) is 0 Å².